The van der Waals surface area contributed by atoms with Crippen LogP contribution in [0.3, 0.4) is 0 Å². The lowest BCUT2D eigenvalue weighted by molar-refractivity contribution is 0.144. The molecule has 0 bridgehead atoms. The average Bonchev–Trinajstić information content (AvgIpc) is 2.82. The zero-order valence-corrected chi connectivity index (χ0v) is 17.8. The lowest BCUT2D eigenvalue weighted by Crippen LogP contribution is -2.48. The summed E-state index contributed by atoms with van der Waals surface area (Å²) < 4.78 is 18.5. The molecule has 9 heteroatoms. The van der Waals surface area contributed by atoms with Crippen molar-refractivity contribution in [2.24, 2.45) is 0 Å². The molecule has 168 valence electrons. The van der Waals surface area contributed by atoms with E-state index in [0.29, 0.717) is 29.5 Å². The monoisotopic (exact) mass is 447 g/mol. The van der Waals surface area contributed by atoms with Gasteiger partial charge in [0.15, 0.2) is 11.5 Å². The van der Waals surface area contributed by atoms with Gasteiger partial charge in [0.1, 0.15) is 12.4 Å². The predicted octanol–water partition coefficient (Wildman–Crippen LogP) is 2.49. The van der Waals surface area contributed by atoms with Crippen LogP contribution in [0.5, 0.6) is 17.2 Å². The maximum Gasteiger partial charge on any atom is 0.345 e. The van der Waals surface area contributed by atoms with Gasteiger partial charge in [-0.25, -0.2) is 23.5 Å². The van der Waals surface area contributed by atoms with Gasteiger partial charge in [-0.05, 0) is 36.4 Å². The van der Waals surface area contributed by atoms with Gasteiger partial charge in [-0.2, -0.15) is 0 Å². The molecule has 1 aromatic heterocycles. The fraction of sp³-hybridized carbons (Fsp3) is 0.125. The summed E-state index contributed by atoms with van der Waals surface area (Å²) in [6.07, 6.45) is 0. The third-order valence-electron chi connectivity index (χ3n) is 4.72. The molecule has 4 rings (SSSR count). The summed E-state index contributed by atoms with van der Waals surface area (Å²) >= 11 is 0. The molecule has 0 spiro atoms. The largest absolute Gasteiger partial charge is 0.487 e. The van der Waals surface area contributed by atoms with Crippen molar-refractivity contribution in [1.82, 2.24) is 14.1 Å². The van der Waals surface area contributed by atoms with Gasteiger partial charge >= 0.3 is 17.1 Å². The van der Waals surface area contributed by atoms with Crippen LogP contribution in [-0.2, 0) is 4.74 Å². The number of H-pyrrole nitrogens is 1. The fourth-order valence-electron chi connectivity index (χ4n) is 3.19. The number of nitrogens with zero attached hydrogens (tertiary/aromatic N) is 2. The van der Waals surface area contributed by atoms with Crippen molar-refractivity contribution in [2.45, 2.75) is 0 Å². The Hall–Kier alpha value is -4.37. The van der Waals surface area contributed by atoms with Crippen molar-refractivity contribution >= 4 is 0 Å². The maximum atomic E-state index is 13.2. The standard InChI is InChI=1S/C24H21N3O6/c1-31-14-15-32-21-16-18(12-13-20(21)33-19-10-6-3-7-11-19)27-23(29)25-22(28)26(24(27)30)17-8-4-2-5-9-17/h2-13,16H,14-15H2,1H3,(H,25,28,29). The summed E-state index contributed by atoms with van der Waals surface area (Å²) in [7, 11) is 1.55. The number of nitrogens with one attached hydrogen (secondary N) is 1. The average molecular weight is 447 g/mol. The lowest BCUT2D eigenvalue weighted by atomic mass is 10.2. The van der Waals surface area contributed by atoms with Crippen molar-refractivity contribution in [1.29, 1.82) is 0 Å². The molecule has 0 aliphatic heterocycles. The molecule has 9 nitrogen and oxygen atoms in total. The van der Waals surface area contributed by atoms with Crippen molar-refractivity contribution in [3.05, 3.63) is 110 Å². The summed E-state index contributed by atoms with van der Waals surface area (Å²) in [6.45, 7) is 0.550. The molecule has 0 fully saturated rings. The van der Waals surface area contributed by atoms with Crippen molar-refractivity contribution in [3.8, 4) is 28.6 Å². The number of ether oxygens (including phenoxy) is 3. The van der Waals surface area contributed by atoms with Gasteiger partial charge in [-0.15, -0.1) is 0 Å². The summed E-state index contributed by atoms with van der Waals surface area (Å²) in [5.41, 5.74) is -1.96. The summed E-state index contributed by atoms with van der Waals surface area (Å²) in [5, 5.41) is 0. The summed E-state index contributed by atoms with van der Waals surface area (Å²) in [4.78, 5) is 40.3. The molecule has 1 heterocycles. The number of benzene rings is 3. The number of para-hydroxylation sites is 2. The van der Waals surface area contributed by atoms with E-state index in [9.17, 15) is 14.4 Å². The van der Waals surface area contributed by atoms with Gasteiger partial charge in [-0.1, -0.05) is 36.4 Å². The molecule has 0 amide bonds. The SMILES string of the molecule is COCCOc1cc(-n2c(=O)[nH]c(=O)n(-c3ccccc3)c2=O)ccc1Oc1ccccc1. The molecule has 0 atom stereocenters. The summed E-state index contributed by atoms with van der Waals surface area (Å²) in [5.74, 6) is 1.29. The van der Waals surface area contributed by atoms with E-state index in [4.69, 9.17) is 14.2 Å². The van der Waals surface area contributed by atoms with Gasteiger partial charge in [0, 0.05) is 13.2 Å². The molecule has 4 aromatic rings. The number of hydrogen-bond acceptors (Lipinski definition) is 6. The van der Waals surface area contributed by atoms with E-state index in [2.05, 4.69) is 4.98 Å². The molecular weight excluding hydrogens is 426 g/mol. The number of aromatic amines is 1. The van der Waals surface area contributed by atoms with Crippen LogP contribution < -0.4 is 26.5 Å². The van der Waals surface area contributed by atoms with E-state index in [-0.39, 0.29) is 12.3 Å². The molecule has 0 radical (unpaired) electrons. The minimum absolute atomic E-state index is 0.207. The van der Waals surface area contributed by atoms with Crippen LogP contribution in [0.15, 0.2) is 93.2 Å². The van der Waals surface area contributed by atoms with Gasteiger partial charge in [0.05, 0.1) is 18.0 Å². The Balaban J connectivity index is 1.82. The first kappa shape index (κ1) is 21.8. The molecule has 0 aliphatic rings. The van der Waals surface area contributed by atoms with Crippen LogP contribution >= 0.6 is 0 Å². The Labute approximate surface area is 188 Å². The Morgan fingerprint density at radius 1 is 0.727 bits per heavy atom. The van der Waals surface area contributed by atoms with E-state index < -0.39 is 17.1 Å². The van der Waals surface area contributed by atoms with Gasteiger partial charge in [0.25, 0.3) is 0 Å². The second-order valence-corrected chi connectivity index (χ2v) is 6.91. The van der Waals surface area contributed by atoms with Crippen molar-refractivity contribution < 1.29 is 14.2 Å². The Morgan fingerprint density at radius 2 is 1.36 bits per heavy atom. The quantitative estimate of drug-likeness (QED) is 0.416. The van der Waals surface area contributed by atoms with E-state index in [1.54, 1.807) is 55.6 Å². The van der Waals surface area contributed by atoms with E-state index in [1.165, 1.54) is 12.1 Å². The number of methoxy groups -OCH3 is 1. The Morgan fingerprint density at radius 3 is 2.03 bits per heavy atom. The van der Waals surface area contributed by atoms with Crippen LogP contribution in [0.25, 0.3) is 11.4 Å². The minimum atomic E-state index is -0.864. The maximum absolute atomic E-state index is 13.2. The van der Waals surface area contributed by atoms with E-state index in [0.717, 1.165) is 9.13 Å². The highest BCUT2D eigenvalue weighted by Crippen LogP contribution is 2.33. The highest BCUT2D eigenvalue weighted by Gasteiger charge is 2.16. The Bertz CT molecular complexity index is 1410. The second-order valence-electron chi connectivity index (χ2n) is 6.91. The molecule has 0 unspecified atom stereocenters. The topological polar surface area (TPSA) is 105 Å². The number of hydrogen-bond donors (Lipinski definition) is 1. The van der Waals surface area contributed by atoms with E-state index in [1.807, 2.05) is 18.2 Å². The minimum Gasteiger partial charge on any atom is -0.487 e. The predicted molar refractivity (Wildman–Crippen MR) is 122 cm³/mol. The molecule has 33 heavy (non-hydrogen) atoms. The first-order valence-corrected chi connectivity index (χ1v) is 10.1. The molecule has 0 saturated carbocycles. The highest BCUT2D eigenvalue weighted by atomic mass is 16.5. The zero-order valence-electron chi connectivity index (χ0n) is 17.8. The van der Waals surface area contributed by atoms with Gasteiger partial charge < -0.3 is 14.2 Å². The number of rotatable bonds is 8. The molecule has 1 N–H and O–H groups in total. The van der Waals surface area contributed by atoms with Crippen LogP contribution in [0.2, 0.25) is 0 Å². The Kier molecular flexibility index (Phi) is 6.51. The fourth-order valence-corrected chi connectivity index (χ4v) is 3.19. The first-order valence-electron chi connectivity index (χ1n) is 10.1. The smallest absolute Gasteiger partial charge is 0.345 e. The second kappa shape index (κ2) is 9.84. The third-order valence-corrected chi connectivity index (χ3v) is 4.72. The highest BCUT2D eigenvalue weighted by molar-refractivity contribution is 5.50. The third kappa shape index (κ3) is 4.78. The van der Waals surface area contributed by atoms with Crippen molar-refractivity contribution in [2.75, 3.05) is 20.3 Å². The van der Waals surface area contributed by atoms with Crippen LogP contribution in [0.1, 0.15) is 0 Å². The van der Waals surface area contributed by atoms with Crippen LogP contribution in [-0.4, -0.2) is 34.4 Å². The van der Waals surface area contributed by atoms with Gasteiger partial charge in [-0.3, -0.25) is 4.98 Å². The van der Waals surface area contributed by atoms with Crippen LogP contribution in [0.4, 0.5) is 0 Å². The van der Waals surface area contributed by atoms with E-state index >= 15 is 0 Å². The zero-order chi connectivity index (χ0) is 23.2. The summed E-state index contributed by atoms with van der Waals surface area (Å²) in [6, 6.07) is 22.1. The molecule has 0 aliphatic carbocycles. The normalized spacial score (nSPS) is 10.7. The van der Waals surface area contributed by atoms with Crippen LogP contribution in [0, 0.1) is 0 Å². The lowest BCUT2D eigenvalue weighted by Gasteiger charge is -2.15. The first-order chi connectivity index (χ1) is 16.1. The van der Waals surface area contributed by atoms with Crippen molar-refractivity contribution in [3.63, 3.8) is 0 Å². The molecule has 0 saturated heterocycles. The molecular formula is C24H21N3O6. The molecule has 3 aromatic carbocycles. The number of aromatic nitrogens is 3. The van der Waals surface area contributed by atoms with Gasteiger partial charge in [0.2, 0.25) is 0 Å².